The van der Waals surface area contributed by atoms with Gasteiger partial charge in [0.1, 0.15) is 0 Å². The van der Waals surface area contributed by atoms with E-state index in [1.54, 1.807) is 0 Å². The lowest BCUT2D eigenvalue weighted by Crippen LogP contribution is -2.48. The molecular weight excluding hydrogens is 290 g/mol. The Labute approximate surface area is 139 Å². The summed E-state index contributed by atoms with van der Waals surface area (Å²) in [6, 6.07) is 10.0. The molecule has 0 atom stereocenters. The van der Waals surface area contributed by atoms with E-state index in [-0.39, 0.29) is 30.4 Å². The second-order valence-electron chi connectivity index (χ2n) is 6.69. The molecule has 0 unspecified atom stereocenters. The number of nitrogens with one attached hydrogen (secondary N) is 2. The Hall–Kier alpha value is -1.88. The maximum atomic E-state index is 12.0. The first kappa shape index (κ1) is 19.2. The first-order valence-electron chi connectivity index (χ1n) is 8.14. The molecule has 5 nitrogen and oxygen atoms in total. The SMILES string of the molecule is CCN(CC(=O)NCCc1ccccc1)CC(=O)NC(C)(C)C. The summed E-state index contributed by atoms with van der Waals surface area (Å²) in [7, 11) is 0. The van der Waals surface area contributed by atoms with Crippen LogP contribution in [-0.2, 0) is 16.0 Å². The minimum atomic E-state index is -0.256. The highest BCUT2D eigenvalue weighted by Crippen LogP contribution is 2.00. The van der Waals surface area contributed by atoms with E-state index in [1.807, 2.05) is 62.9 Å². The van der Waals surface area contributed by atoms with E-state index in [4.69, 9.17) is 0 Å². The number of nitrogens with zero attached hydrogens (tertiary/aromatic N) is 1. The van der Waals surface area contributed by atoms with Crippen molar-refractivity contribution in [3.63, 3.8) is 0 Å². The fourth-order valence-corrected chi connectivity index (χ4v) is 2.19. The molecule has 0 saturated heterocycles. The minimum absolute atomic E-state index is 0.0497. The Morgan fingerprint density at radius 2 is 1.65 bits per heavy atom. The van der Waals surface area contributed by atoms with Crippen molar-refractivity contribution in [2.75, 3.05) is 26.2 Å². The second-order valence-corrected chi connectivity index (χ2v) is 6.69. The lowest BCUT2D eigenvalue weighted by molar-refractivity contribution is -0.125. The summed E-state index contributed by atoms with van der Waals surface area (Å²) in [5, 5.41) is 5.81. The Bertz CT molecular complexity index is 495. The van der Waals surface area contributed by atoms with Gasteiger partial charge in [-0.2, -0.15) is 0 Å². The van der Waals surface area contributed by atoms with Gasteiger partial charge in [0.05, 0.1) is 13.1 Å². The van der Waals surface area contributed by atoms with Crippen LogP contribution in [0.25, 0.3) is 0 Å². The smallest absolute Gasteiger partial charge is 0.234 e. The molecule has 0 heterocycles. The zero-order valence-electron chi connectivity index (χ0n) is 14.7. The van der Waals surface area contributed by atoms with Gasteiger partial charge in [-0.3, -0.25) is 14.5 Å². The molecule has 1 aromatic carbocycles. The number of benzene rings is 1. The molecule has 0 spiro atoms. The van der Waals surface area contributed by atoms with Crippen molar-refractivity contribution < 1.29 is 9.59 Å². The van der Waals surface area contributed by atoms with Gasteiger partial charge in [0.25, 0.3) is 0 Å². The first-order valence-corrected chi connectivity index (χ1v) is 8.14. The Kier molecular flexibility index (Phi) is 7.75. The topological polar surface area (TPSA) is 61.4 Å². The molecule has 0 aliphatic rings. The van der Waals surface area contributed by atoms with Crippen LogP contribution in [0, 0.1) is 0 Å². The molecule has 0 fully saturated rings. The maximum absolute atomic E-state index is 12.0. The number of likely N-dealkylation sites (N-methyl/N-ethyl adjacent to an activating group) is 1. The van der Waals surface area contributed by atoms with Gasteiger partial charge in [0.15, 0.2) is 0 Å². The monoisotopic (exact) mass is 319 g/mol. The molecule has 0 aromatic heterocycles. The molecule has 2 N–H and O–H groups in total. The van der Waals surface area contributed by atoms with Gasteiger partial charge in [0.2, 0.25) is 11.8 Å². The zero-order chi connectivity index (χ0) is 17.3. The predicted octanol–water partition coefficient (Wildman–Crippen LogP) is 1.58. The largest absolute Gasteiger partial charge is 0.355 e. The van der Waals surface area contributed by atoms with Crippen molar-refractivity contribution in [1.29, 1.82) is 0 Å². The number of hydrogen-bond acceptors (Lipinski definition) is 3. The normalized spacial score (nSPS) is 11.3. The van der Waals surface area contributed by atoms with Gasteiger partial charge in [-0.05, 0) is 39.3 Å². The summed E-state index contributed by atoms with van der Waals surface area (Å²) in [5.74, 6) is -0.109. The summed E-state index contributed by atoms with van der Waals surface area (Å²) in [6.45, 7) is 9.51. The summed E-state index contributed by atoms with van der Waals surface area (Å²) in [4.78, 5) is 25.7. The Morgan fingerprint density at radius 1 is 1.04 bits per heavy atom. The van der Waals surface area contributed by atoms with Crippen molar-refractivity contribution in [3.8, 4) is 0 Å². The van der Waals surface area contributed by atoms with Crippen molar-refractivity contribution in [3.05, 3.63) is 35.9 Å². The second kappa shape index (κ2) is 9.30. The molecule has 0 bridgehead atoms. The molecule has 5 heteroatoms. The molecule has 0 aliphatic heterocycles. The van der Waals surface area contributed by atoms with E-state index < -0.39 is 0 Å². The summed E-state index contributed by atoms with van der Waals surface area (Å²) in [6.07, 6.45) is 0.809. The van der Waals surface area contributed by atoms with Gasteiger partial charge in [-0.25, -0.2) is 0 Å². The lowest BCUT2D eigenvalue weighted by Gasteiger charge is -2.24. The predicted molar refractivity (Wildman–Crippen MR) is 93.2 cm³/mol. The first-order chi connectivity index (χ1) is 10.8. The highest BCUT2D eigenvalue weighted by atomic mass is 16.2. The average molecular weight is 319 g/mol. The van der Waals surface area contributed by atoms with E-state index in [9.17, 15) is 9.59 Å². The molecule has 2 amide bonds. The van der Waals surface area contributed by atoms with E-state index >= 15 is 0 Å². The highest BCUT2D eigenvalue weighted by Gasteiger charge is 2.17. The standard InChI is InChI=1S/C18H29N3O2/c1-5-21(14-17(23)20-18(2,3)4)13-16(22)19-12-11-15-9-7-6-8-10-15/h6-10H,5,11-14H2,1-4H3,(H,19,22)(H,20,23). The number of hydrogen-bond donors (Lipinski definition) is 2. The lowest BCUT2D eigenvalue weighted by atomic mass is 10.1. The van der Waals surface area contributed by atoms with Crippen LogP contribution >= 0.6 is 0 Å². The quantitative estimate of drug-likeness (QED) is 0.765. The third-order valence-electron chi connectivity index (χ3n) is 3.27. The van der Waals surface area contributed by atoms with E-state index in [0.29, 0.717) is 13.1 Å². The van der Waals surface area contributed by atoms with Crippen LogP contribution in [0.1, 0.15) is 33.3 Å². The van der Waals surface area contributed by atoms with E-state index in [1.165, 1.54) is 5.56 Å². The van der Waals surface area contributed by atoms with Gasteiger partial charge < -0.3 is 10.6 Å². The fourth-order valence-electron chi connectivity index (χ4n) is 2.19. The molecule has 23 heavy (non-hydrogen) atoms. The fraction of sp³-hybridized carbons (Fsp3) is 0.556. The van der Waals surface area contributed by atoms with Gasteiger partial charge in [-0.15, -0.1) is 0 Å². The zero-order valence-corrected chi connectivity index (χ0v) is 14.7. The Morgan fingerprint density at radius 3 is 2.22 bits per heavy atom. The highest BCUT2D eigenvalue weighted by molar-refractivity contribution is 5.81. The van der Waals surface area contributed by atoms with E-state index in [0.717, 1.165) is 6.42 Å². The van der Waals surface area contributed by atoms with Crippen LogP contribution in [0.4, 0.5) is 0 Å². The number of carbonyl (C=O) groups is 2. The number of rotatable bonds is 8. The van der Waals surface area contributed by atoms with Crippen molar-refractivity contribution in [2.24, 2.45) is 0 Å². The third kappa shape index (κ3) is 8.98. The molecular formula is C18H29N3O2. The van der Waals surface area contributed by atoms with Gasteiger partial charge in [0, 0.05) is 12.1 Å². The van der Waals surface area contributed by atoms with Crippen molar-refractivity contribution >= 4 is 11.8 Å². The van der Waals surface area contributed by atoms with Crippen LogP contribution in [0.5, 0.6) is 0 Å². The van der Waals surface area contributed by atoms with Gasteiger partial charge in [-0.1, -0.05) is 37.3 Å². The summed E-state index contributed by atoms with van der Waals surface area (Å²) in [5.41, 5.74) is 0.943. The van der Waals surface area contributed by atoms with Gasteiger partial charge >= 0.3 is 0 Å². The third-order valence-corrected chi connectivity index (χ3v) is 3.27. The number of carbonyl (C=O) groups excluding carboxylic acids is 2. The molecule has 1 rings (SSSR count). The van der Waals surface area contributed by atoms with Crippen molar-refractivity contribution in [1.82, 2.24) is 15.5 Å². The van der Waals surface area contributed by atoms with Crippen LogP contribution in [0.15, 0.2) is 30.3 Å². The average Bonchev–Trinajstić information content (AvgIpc) is 2.45. The minimum Gasteiger partial charge on any atom is -0.355 e. The van der Waals surface area contributed by atoms with Crippen LogP contribution in [0.2, 0.25) is 0 Å². The molecule has 0 saturated carbocycles. The summed E-state index contributed by atoms with van der Waals surface area (Å²) < 4.78 is 0. The molecule has 1 aromatic rings. The van der Waals surface area contributed by atoms with Crippen LogP contribution < -0.4 is 10.6 Å². The van der Waals surface area contributed by atoms with Crippen molar-refractivity contribution in [2.45, 2.75) is 39.7 Å². The van der Waals surface area contributed by atoms with Crippen LogP contribution in [0.3, 0.4) is 0 Å². The molecule has 128 valence electrons. The van der Waals surface area contributed by atoms with E-state index in [2.05, 4.69) is 10.6 Å². The van der Waals surface area contributed by atoms with Crippen LogP contribution in [-0.4, -0.2) is 48.4 Å². The number of amides is 2. The Balaban J connectivity index is 2.31. The molecule has 0 radical (unpaired) electrons. The maximum Gasteiger partial charge on any atom is 0.234 e. The molecule has 0 aliphatic carbocycles. The summed E-state index contributed by atoms with van der Waals surface area (Å²) >= 11 is 0.